The van der Waals surface area contributed by atoms with Gasteiger partial charge in [0.2, 0.25) is 0 Å². The molecule has 2 heterocycles. The quantitative estimate of drug-likeness (QED) is 0.715. The number of ketones is 1. The summed E-state index contributed by atoms with van der Waals surface area (Å²) in [6.07, 6.45) is 3.01. The zero-order valence-electron chi connectivity index (χ0n) is 10.2. The lowest BCUT2D eigenvalue weighted by Gasteiger charge is -2.21. The Labute approximate surface area is 96.5 Å². The Morgan fingerprint density at radius 3 is 2.62 bits per heavy atom. The second kappa shape index (κ2) is 3.89. The zero-order chi connectivity index (χ0) is 11.8. The normalized spacial score (nSPS) is 18.8. The van der Waals surface area contributed by atoms with Gasteiger partial charge in [0.05, 0.1) is 11.9 Å². The van der Waals surface area contributed by atoms with Crippen LogP contribution in [0.15, 0.2) is 18.3 Å². The van der Waals surface area contributed by atoms with Crippen molar-refractivity contribution in [2.24, 2.45) is 5.41 Å². The molecular weight excluding hydrogens is 200 g/mol. The van der Waals surface area contributed by atoms with Crippen molar-refractivity contribution in [3.05, 3.63) is 24.0 Å². The molecule has 0 aliphatic carbocycles. The number of nitrogens with zero attached hydrogens (tertiary/aromatic N) is 2. The van der Waals surface area contributed by atoms with E-state index >= 15 is 0 Å². The summed E-state index contributed by atoms with van der Waals surface area (Å²) in [4.78, 5) is 17.6. The van der Waals surface area contributed by atoms with Crippen LogP contribution in [0.25, 0.3) is 0 Å². The van der Waals surface area contributed by atoms with Crippen molar-refractivity contribution in [3.63, 3.8) is 0 Å². The summed E-state index contributed by atoms with van der Waals surface area (Å²) in [7, 11) is 0. The van der Waals surface area contributed by atoms with Gasteiger partial charge in [-0.15, -0.1) is 0 Å². The van der Waals surface area contributed by atoms with E-state index in [2.05, 4.69) is 23.7 Å². The minimum Gasteiger partial charge on any atom is -0.370 e. The molecular formula is C13H18N2O. The highest BCUT2D eigenvalue weighted by Gasteiger charge is 2.29. The molecule has 1 saturated heterocycles. The van der Waals surface area contributed by atoms with Crippen molar-refractivity contribution < 1.29 is 4.79 Å². The monoisotopic (exact) mass is 218 g/mol. The van der Waals surface area contributed by atoms with Crippen molar-refractivity contribution in [2.75, 3.05) is 18.0 Å². The van der Waals surface area contributed by atoms with E-state index in [0.717, 1.165) is 18.8 Å². The molecule has 3 heteroatoms. The van der Waals surface area contributed by atoms with Crippen molar-refractivity contribution in [1.82, 2.24) is 4.98 Å². The van der Waals surface area contributed by atoms with Gasteiger partial charge in [-0.1, -0.05) is 13.8 Å². The number of aromatic nitrogens is 1. The first kappa shape index (κ1) is 11.1. The molecule has 0 unspecified atom stereocenters. The molecule has 0 aromatic carbocycles. The molecule has 0 atom stereocenters. The van der Waals surface area contributed by atoms with E-state index < -0.39 is 0 Å². The predicted molar refractivity (Wildman–Crippen MR) is 64.9 cm³/mol. The van der Waals surface area contributed by atoms with E-state index in [1.54, 1.807) is 13.1 Å². The molecule has 0 radical (unpaired) electrons. The fourth-order valence-electron chi connectivity index (χ4n) is 2.11. The van der Waals surface area contributed by atoms with Crippen molar-refractivity contribution in [1.29, 1.82) is 0 Å². The molecule has 0 spiro atoms. The third kappa shape index (κ3) is 2.23. The molecule has 1 aromatic rings. The lowest BCUT2D eigenvalue weighted by molar-refractivity contribution is 0.101. The SMILES string of the molecule is CC(=O)c1ccc(N2CCC(C)(C)C2)cn1. The minimum atomic E-state index is 0.0216. The number of carbonyl (C=O) groups excluding carboxylic acids is 1. The van der Waals surface area contributed by atoms with Gasteiger partial charge in [0.1, 0.15) is 5.69 Å². The minimum absolute atomic E-state index is 0.0216. The number of pyridine rings is 1. The van der Waals surface area contributed by atoms with Crippen LogP contribution in [0.5, 0.6) is 0 Å². The molecule has 1 aliphatic heterocycles. The van der Waals surface area contributed by atoms with Gasteiger partial charge in [-0.2, -0.15) is 0 Å². The van der Waals surface area contributed by atoms with Gasteiger partial charge < -0.3 is 4.90 Å². The second-order valence-electron chi connectivity index (χ2n) is 5.29. The van der Waals surface area contributed by atoms with Crippen LogP contribution >= 0.6 is 0 Å². The van der Waals surface area contributed by atoms with Gasteiger partial charge >= 0.3 is 0 Å². The van der Waals surface area contributed by atoms with E-state index in [1.165, 1.54) is 6.42 Å². The molecule has 0 saturated carbocycles. The molecule has 0 bridgehead atoms. The highest BCUT2D eigenvalue weighted by atomic mass is 16.1. The van der Waals surface area contributed by atoms with Gasteiger partial charge in [0.25, 0.3) is 0 Å². The molecule has 1 aliphatic rings. The lowest BCUT2D eigenvalue weighted by Crippen LogP contribution is -2.22. The van der Waals surface area contributed by atoms with Gasteiger partial charge in [0, 0.05) is 20.0 Å². The molecule has 1 fully saturated rings. The average Bonchev–Trinajstić information content (AvgIpc) is 2.59. The summed E-state index contributed by atoms with van der Waals surface area (Å²) in [5.41, 5.74) is 2.05. The third-order valence-corrected chi connectivity index (χ3v) is 3.15. The Hall–Kier alpha value is -1.38. The van der Waals surface area contributed by atoms with E-state index in [1.807, 2.05) is 12.1 Å². The number of hydrogen-bond acceptors (Lipinski definition) is 3. The van der Waals surface area contributed by atoms with E-state index in [-0.39, 0.29) is 5.78 Å². The molecule has 0 amide bonds. The lowest BCUT2D eigenvalue weighted by atomic mass is 9.93. The Morgan fingerprint density at radius 2 is 2.19 bits per heavy atom. The smallest absolute Gasteiger partial charge is 0.178 e. The Kier molecular flexibility index (Phi) is 2.70. The number of Topliss-reactive ketones (excluding diaryl/α,β-unsaturated/α-hetero) is 1. The van der Waals surface area contributed by atoms with Crippen LogP contribution in [0.3, 0.4) is 0 Å². The maximum atomic E-state index is 11.1. The van der Waals surface area contributed by atoms with Crippen molar-refractivity contribution in [2.45, 2.75) is 27.2 Å². The summed E-state index contributed by atoms with van der Waals surface area (Å²) < 4.78 is 0. The summed E-state index contributed by atoms with van der Waals surface area (Å²) in [5.74, 6) is 0.0216. The first-order valence-electron chi connectivity index (χ1n) is 5.70. The molecule has 86 valence electrons. The van der Waals surface area contributed by atoms with Crippen molar-refractivity contribution in [3.8, 4) is 0 Å². The number of anilines is 1. The van der Waals surface area contributed by atoms with E-state index in [0.29, 0.717) is 11.1 Å². The Morgan fingerprint density at radius 1 is 1.44 bits per heavy atom. The molecule has 3 nitrogen and oxygen atoms in total. The van der Waals surface area contributed by atoms with Gasteiger partial charge in [-0.25, -0.2) is 0 Å². The maximum Gasteiger partial charge on any atom is 0.178 e. The van der Waals surface area contributed by atoms with Crippen LogP contribution in [0.1, 0.15) is 37.7 Å². The van der Waals surface area contributed by atoms with Gasteiger partial charge in [0.15, 0.2) is 5.78 Å². The van der Waals surface area contributed by atoms with Crippen LogP contribution in [0, 0.1) is 5.41 Å². The number of carbonyl (C=O) groups is 1. The topological polar surface area (TPSA) is 33.2 Å². The number of hydrogen-bond donors (Lipinski definition) is 0. The van der Waals surface area contributed by atoms with Crippen LogP contribution in [-0.2, 0) is 0 Å². The molecule has 0 N–H and O–H groups in total. The van der Waals surface area contributed by atoms with Crippen LogP contribution in [-0.4, -0.2) is 23.9 Å². The summed E-state index contributed by atoms with van der Waals surface area (Å²) in [6, 6.07) is 3.80. The zero-order valence-corrected chi connectivity index (χ0v) is 10.2. The van der Waals surface area contributed by atoms with Crippen LogP contribution < -0.4 is 4.90 Å². The molecule has 1 aromatic heterocycles. The standard InChI is InChI=1S/C13H18N2O/c1-10(16)12-5-4-11(8-14-12)15-7-6-13(2,3)9-15/h4-5,8H,6-7,9H2,1-3H3. The highest BCUT2D eigenvalue weighted by molar-refractivity contribution is 5.92. The predicted octanol–water partition coefficient (Wildman–Crippen LogP) is 2.52. The van der Waals surface area contributed by atoms with Gasteiger partial charge in [-0.05, 0) is 24.0 Å². The van der Waals surface area contributed by atoms with E-state index in [9.17, 15) is 4.79 Å². The first-order valence-corrected chi connectivity index (χ1v) is 5.70. The van der Waals surface area contributed by atoms with Gasteiger partial charge in [-0.3, -0.25) is 9.78 Å². The summed E-state index contributed by atoms with van der Waals surface area (Å²) in [6.45, 7) is 8.25. The van der Waals surface area contributed by atoms with E-state index in [4.69, 9.17) is 0 Å². The maximum absolute atomic E-state index is 11.1. The van der Waals surface area contributed by atoms with Crippen LogP contribution in [0.4, 0.5) is 5.69 Å². The Balaban J connectivity index is 2.14. The Bertz CT molecular complexity index is 395. The second-order valence-corrected chi connectivity index (χ2v) is 5.29. The largest absolute Gasteiger partial charge is 0.370 e. The van der Waals surface area contributed by atoms with Crippen LogP contribution in [0.2, 0.25) is 0 Å². The fourth-order valence-corrected chi connectivity index (χ4v) is 2.11. The highest BCUT2D eigenvalue weighted by Crippen LogP contribution is 2.31. The number of rotatable bonds is 2. The summed E-state index contributed by atoms with van der Waals surface area (Å²) >= 11 is 0. The van der Waals surface area contributed by atoms with Crippen molar-refractivity contribution >= 4 is 11.5 Å². The average molecular weight is 218 g/mol. The first-order chi connectivity index (χ1) is 7.48. The molecule has 2 rings (SSSR count). The third-order valence-electron chi connectivity index (χ3n) is 3.15. The summed E-state index contributed by atoms with van der Waals surface area (Å²) in [5, 5.41) is 0. The fraction of sp³-hybridized carbons (Fsp3) is 0.538. The molecule has 16 heavy (non-hydrogen) atoms.